The van der Waals surface area contributed by atoms with E-state index < -0.39 is 97.5 Å². The van der Waals surface area contributed by atoms with Crippen LogP contribution < -0.4 is 0 Å². The lowest BCUT2D eigenvalue weighted by Gasteiger charge is -2.21. The number of carbonyl (C=O) groups excluding carboxylic acids is 4. The molecule has 0 aromatic carbocycles. The number of phosphoric acid groups is 2. The Bertz CT molecular complexity index is 1730. The Labute approximate surface area is 530 Å². The van der Waals surface area contributed by atoms with Crippen molar-refractivity contribution in [1.82, 2.24) is 0 Å². The lowest BCUT2D eigenvalue weighted by atomic mass is 10.00. The largest absolute Gasteiger partial charge is 0.472 e. The van der Waals surface area contributed by atoms with Crippen LogP contribution in [0.4, 0.5) is 0 Å². The number of aliphatic hydroxyl groups is 1. The Kier molecular flexibility index (Phi) is 56.6. The average molecular weight is 1280 g/mol. The van der Waals surface area contributed by atoms with Crippen molar-refractivity contribution >= 4 is 39.5 Å². The van der Waals surface area contributed by atoms with Crippen molar-refractivity contribution in [2.24, 2.45) is 23.7 Å². The second-order valence-electron chi connectivity index (χ2n) is 26.2. The molecule has 6 atom stereocenters. The van der Waals surface area contributed by atoms with E-state index in [0.29, 0.717) is 25.7 Å². The van der Waals surface area contributed by atoms with Crippen LogP contribution in [0.5, 0.6) is 0 Å². The zero-order valence-corrected chi connectivity index (χ0v) is 58.4. The van der Waals surface area contributed by atoms with Crippen molar-refractivity contribution < 1.29 is 80.2 Å². The van der Waals surface area contributed by atoms with E-state index in [1.54, 1.807) is 0 Å². The smallest absolute Gasteiger partial charge is 0.462 e. The fraction of sp³-hybridized carbons (Fsp3) is 0.941. The molecule has 0 aliphatic carbocycles. The van der Waals surface area contributed by atoms with Gasteiger partial charge in [0.15, 0.2) is 12.2 Å². The second kappa shape index (κ2) is 57.9. The monoisotopic (exact) mass is 1280 g/mol. The summed E-state index contributed by atoms with van der Waals surface area (Å²) in [6.07, 6.45) is 39.0. The number of hydrogen-bond acceptors (Lipinski definition) is 15. The molecular formula is C68H132O17P2. The van der Waals surface area contributed by atoms with Crippen LogP contribution in [0.1, 0.15) is 331 Å². The number of esters is 4. The molecule has 19 heteroatoms. The first-order valence-electron chi connectivity index (χ1n) is 35.2. The van der Waals surface area contributed by atoms with Crippen LogP contribution in [0.15, 0.2) is 0 Å². The summed E-state index contributed by atoms with van der Waals surface area (Å²) in [4.78, 5) is 72.4. The Morgan fingerprint density at radius 2 is 0.552 bits per heavy atom. The van der Waals surface area contributed by atoms with E-state index >= 15 is 0 Å². The standard InChI is InChI=1S/C68H132O17P2/c1-9-61(8)47-39-31-26-27-33-41-49-66(71)79-55-64(85-68(73)51-43-35-25-19-13-16-22-30-38-46-60(6)7)57-83-87(76,77)81-53-62(69)52-80-86(74,75)82-56-63(84-67(72)50-42-34-24-18-12-15-21-29-37-45-59(4)5)54-78-65(70)48-40-32-23-17-11-10-14-20-28-36-44-58(2)3/h58-64,69H,9-57H2,1-8H3,(H,74,75)(H,76,77)/t61?,62-,63-,64-/m1/s1. The number of rotatable bonds is 65. The summed E-state index contributed by atoms with van der Waals surface area (Å²) in [5.41, 5.74) is 0. The highest BCUT2D eigenvalue weighted by atomic mass is 31.2. The van der Waals surface area contributed by atoms with Crippen LogP contribution in [0, 0.1) is 23.7 Å². The Balaban J connectivity index is 5.27. The minimum Gasteiger partial charge on any atom is -0.462 e. The first kappa shape index (κ1) is 85.1. The van der Waals surface area contributed by atoms with Crippen LogP contribution in [0.3, 0.4) is 0 Å². The Hall–Kier alpha value is -1.94. The summed E-state index contributed by atoms with van der Waals surface area (Å²) >= 11 is 0. The number of hydrogen-bond donors (Lipinski definition) is 3. The van der Waals surface area contributed by atoms with E-state index in [2.05, 4.69) is 55.4 Å². The lowest BCUT2D eigenvalue weighted by molar-refractivity contribution is -0.161. The van der Waals surface area contributed by atoms with E-state index in [-0.39, 0.29) is 25.7 Å². The topological polar surface area (TPSA) is 237 Å². The molecule has 3 unspecified atom stereocenters. The van der Waals surface area contributed by atoms with Crippen LogP contribution in [0.2, 0.25) is 0 Å². The summed E-state index contributed by atoms with van der Waals surface area (Å²) in [5, 5.41) is 10.6. The quantitative estimate of drug-likeness (QED) is 0.0222. The third-order valence-corrected chi connectivity index (χ3v) is 17.8. The van der Waals surface area contributed by atoms with Crippen LogP contribution in [-0.2, 0) is 65.4 Å². The molecule has 0 spiro atoms. The van der Waals surface area contributed by atoms with E-state index in [1.165, 1.54) is 128 Å². The van der Waals surface area contributed by atoms with Gasteiger partial charge in [-0.15, -0.1) is 0 Å². The highest BCUT2D eigenvalue weighted by Crippen LogP contribution is 2.45. The van der Waals surface area contributed by atoms with E-state index in [1.807, 2.05) is 0 Å². The van der Waals surface area contributed by atoms with Crippen LogP contribution in [-0.4, -0.2) is 96.7 Å². The van der Waals surface area contributed by atoms with Crippen LogP contribution >= 0.6 is 15.6 Å². The molecule has 0 saturated heterocycles. The molecule has 3 N–H and O–H groups in total. The summed E-state index contributed by atoms with van der Waals surface area (Å²) in [6.45, 7) is 14.0. The minimum atomic E-state index is -4.95. The molecule has 516 valence electrons. The molecule has 0 heterocycles. The maximum absolute atomic E-state index is 13.0. The Morgan fingerprint density at radius 3 is 0.816 bits per heavy atom. The molecule has 0 saturated carbocycles. The number of carbonyl (C=O) groups is 4. The predicted molar refractivity (Wildman–Crippen MR) is 349 cm³/mol. The van der Waals surface area contributed by atoms with Crippen LogP contribution in [0.25, 0.3) is 0 Å². The maximum atomic E-state index is 13.0. The lowest BCUT2D eigenvalue weighted by Crippen LogP contribution is -2.30. The van der Waals surface area contributed by atoms with Gasteiger partial charge >= 0.3 is 39.5 Å². The summed E-state index contributed by atoms with van der Waals surface area (Å²) in [6, 6.07) is 0. The third-order valence-electron chi connectivity index (χ3n) is 15.9. The van der Waals surface area contributed by atoms with Gasteiger partial charge in [-0.2, -0.15) is 0 Å². The Morgan fingerprint density at radius 1 is 0.322 bits per heavy atom. The first-order valence-corrected chi connectivity index (χ1v) is 38.2. The van der Waals surface area contributed by atoms with E-state index in [9.17, 15) is 43.2 Å². The first-order chi connectivity index (χ1) is 41.6. The molecule has 0 aliphatic heterocycles. The van der Waals surface area contributed by atoms with Gasteiger partial charge in [-0.25, -0.2) is 9.13 Å². The number of unbranched alkanes of at least 4 members (excludes halogenated alkanes) is 30. The van der Waals surface area contributed by atoms with Crippen molar-refractivity contribution in [3.8, 4) is 0 Å². The van der Waals surface area contributed by atoms with Gasteiger partial charge in [-0.05, 0) is 49.4 Å². The van der Waals surface area contributed by atoms with Gasteiger partial charge in [-0.3, -0.25) is 37.3 Å². The van der Waals surface area contributed by atoms with E-state index in [4.69, 9.17) is 37.0 Å². The summed E-state index contributed by atoms with van der Waals surface area (Å²) in [7, 11) is -9.90. The van der Waals surface area contributed by atoms with Crippen molar-refractivity contribution in [1.29, 1.82) is 0 Å². The number of aliphatic hydroxyl groups excluding tert-OH is 1. The second-order valence-corrected chi connectivity index (χ2v) is 29.1. The molecule has 17 nitrogen and oxygen atoms in total. The molecule has 0 fully saturated rings. The molecule has 0 aromatic rings. The average Bonchev–Trinajstić information content (AvgIpc) is 3.53. The van der Waals surface area contributed by atoms with Gasteiger partial charge in [0.05, 0.1) is 26.4 Å². The highest BCUT2D eigenvalue weighted by molar-refractivity contribution is 7.47. The molecule has 0 radical (unpaired) electrons. The fourth-order valence-corrected chi connectivity index (χ4v) is 11.7. The van der Waals surface area contributed by atoms with Crippen molar-refractivity contribution in [3.05, 3.63) is 0 Å². The van der Waals surface area contributed by atoms with E-state index in [0.717, 1.165) is 120 Å². The van der Waals surface area contributed by atoms with Gasteiger partial charge in [0, 0.05) is 25.7 Å². The normalized spacial score (nSPS) is 14.6. The molecule has 87 heavy (non-hydrogen) atoms. The molecule has 0 aromatic heterocycles. The summed E-state index contributed by atoms with van der Waals surface area (Å²) in [5.74, 6) is 0.829. The highest BCUT2D eigenvalue weighted by Gasteiger charge is 2.30. The van der Waals surface area contributed by atoms with Gasteiger partial charge in [0.1, 0.15) is 19.3 Å². The van der Waals surface area contributed by atoms with Gasteiger partial charge in [0.2, 0.25) is 0 Å². The zero-order valence-electron chi connectivity index (χ0n) is 56.6. The zero-order chi connectivity index (χ0) is 64.7. The van der Waals surface area contributed by atoms with Crippen molar-refractivity contribution in [2.75, 3.05) is 39.6 Å². The van der Waals surface area contributed by atoms with Gasteiger partial charge < -0.3 is 33.8 Å². The molecule has 0 bridgehead atoms. The molecule has 0 aliphatic rings. The molecule has 0 rings (SSSR count). The summed E-state index contributed by atoms with van der Waals surface area (Å²) < 4.78 is 68.2. The number of ether oxygens (including phenoxy) is 4. The van der Waals surface area contributed by atoms with Crippen molar-refractivity contribution in [3.63, 3.8) is 0 Å². The molecule has 0 amide bonds. The number of phosphoric ester groups is 2. The minimum absolute atomic E-state index is 0.104. The third kappa shape index (κ3) is 61.3. The maximum Gasteiger partial charge on any atom is 0.472 e. The fourth-order valence-electron chi connectivity index (χ4n) is 10.1. The molecular weight excluding hydrogens is 1150 g/mol. The SMILES string of the molecule is CCC(C)CCCCCCCCC(=O)OC[C@H](COP(=O)(O)OC[C@H](O)COP(=O)(O)OC[C@@H](COC(=O)CCCCCCCCCCCCC(C)C)OC(=O)CCCCCCCCCCCC(C)C)OC(=O)CCCCCCCCCCCC(C)C. The van der Waals surface area contributed by atoms with Crippen molar-refractivity contribution in [2.45, 2.75) is 350 Å². The van der Waals surface area contributed by atoms with Gasteiger partial charge in [-0.1, -0.05) is 280 Å². The predicted octanol–water partition coefficient (Wildman–Crippen LogP) is 18.9. The van der Waals surface area contributed by atoms with Gasteiger partial charge in [0.25, 0.3) is 0 Å².